The van der Waals surface area contributed by atoms with Gasteiger partial charge in [0.05, 0.1) is 15.9 Å². The third-order valence-corrected chi connectivity index (χ3v) is 12.5. The summed E-state index contributed by atoms with van der Waals surface area (Å²) >= 11 is 0. The number of hydrogen-bond donors (Lipinski definition) is 1. The maximum Gasteiger partial charge on any atom is 0.498 e. The third-order valence-electron chi connectivity index (χ3n) is 8.29. The van der Waals surface area contributed by atoms with E-state index in [2.05, 4.69) is 5.32 Å². The van der Waals surface area contributed by atoms with Gasteiger partial charge < -0.3 is 9.73 Å². The molecular formula is C37H31F3N2O5S2. The van der Waals surface area contributed by atoms with Crippen molar-refractivity contribution in [2.75, 3.05) is 10.4 Å². The van der Waals surface area contributed by atoms with E-state index in [-0.39, 0.29) is 5.56 Å². The molecule has 0 aromatic heterocycles. The number of aryl methyl sites for hydroxylation is 4. The topological polar surface area (TPSA) is 106 Å². The molecule has 4 aromatic carbocycles. The molecule has 0 spiro atoms. The predicted octanol–water partition coefficient (Wildman–Crippen LogP) is 9.08. The van der Waals surface area contributed by atoms with Crippen LogP contribution < -0.4 is 10.7 Å². The van der Waals surface area contributed by atoms with Crippen LogP contribution in [-0.4, -0.2) is 27.4 Å². The maximum absolute atomic E-state index is 13.5. The van der Waals surface area contributed by atoms with Gasteiger partial charge in [-0.15, -0.1) is 0 Å². The average Bonchev–Trinajstić information content (AvgIpc) is 3.02. The Morgan fingerprint density at radius 2 is 1.35 bits per heavy atom. The Balaban J connectivity index is 1.62. The van der Waals surface area contributed by atoms with Crippen LogP contribution in [0.4, 0.5) is 30.2 Å². The van der Waals surface area contributed by atoms with Crippen molar-refractivity contribution in [1.29, 1.82) is 0 Å². The summed E-state index contributed by atoms with van der Waals surface area (Å²) in [6.07, 6.45) is 0. The number of halogens is 3. The van der Waals surface area contributed by atoms with Gasteiger partial charge in [0.1, 0.15) is 11.3 Å². The van der Waals surface area contributed by atoms with Gasteiger partial charge in [-0.05, 0) is 80.3 Å². The number of nitrogens with one attached hydrogen (secondary N) is 1. The first-order valence-corrected chi connectivity index (χ1v) is 18.4. The Morgan fingerprint density at radius 3 is 2.00 bits per heavy atom. The lowest BCUT2D eigenvalue weighted by molar-refractivity contribution is -0.0431. The molecule has 252 valence electrons. The molecule has 1 heterocycles. The van der Waals surface area contributed by atoms with Crippen molar-refractivity contribution < 1.29 is 34.4 Å². The van der Waals surface area contributed by atoms with E-state index in [4.69, 9.17) is 9.41 Å². The van der Waals surface area contributed by atoms with Crippen molar-refractivity contribution in [1.82, 2.24) is 0 Å². The molecule has 0 saturated heterocycles. The summed E-state index contributed by atoms with van der Waals surface area (Å²) in [6, 6.07) is 27.6. The number of hydrogen-bond acceptors (Lipinski definition) is 7. The maximum atomic E-state index is 13.5. The molecular weight excluding hydrogens is 674 g/mol. The summed E-state index contributed by atoms with van der Waals surface area (Å²) in [5.41, 5.74) is 1.74. The van der Waals surface area contributed by atoms with Crippen molar-refractivity contribution in [3.8, 4) is 22.5 Å². The number of nitrogens with zero attached hydrogens (tertiary/aromatic N) is 1. The first-order chi connectivity index (χ1) is 23.1. The molecule has 0 unspecified atom stereocenters. The van der Waals surface area contributed by atoms with Crippen LogP contribution in [0.2, 0.25) is 0 Å². The first kappa shape index (κ1) is 33.9. The van der Waals surface area contributed by atoms with E-state index >= 15 is 0 Å². The molecule has 1 aliphatic heterocycles. The van der Waals surface area contributed by atoms with Crippen LogP contribution in [0.1, 0.15) is 22.3 Å². The highest BCUT2D eigenvalue weighted by Crippen LogP contribution is 2.43. The van der Waals surface area contributed by atoms with E-state index in [1.165, 1.54) is 18.2 Å². The molecule has 2 aliphatic rings. The predicted molar refractivity (Wildman–Crippen MR) is 186 cm³/mol. The van der Waals surface area contributed by atoms with E-state index in [0.717, 1.165) is 39.7 Å². The normalized spacial score (nSPS) is 12.9. The highest BCUT2D eigenvalue weighted by atomic mass is 32.3. The van der Waals surface area contributed by atoms with Gasteiger partial charge in [-0.1, -0.05) is 54.6 Å². The molecule has 0 fully saturated rings. The Hall–Kier alpha value is -4.94. The molecule has 0 amide bonds. The van der Waals surface area contributed by atoms with Crippen LogP contribution in [0, 0.1) is 27.7 Å². The number of fused-ring (bicyclic) bond motifs is 2. The lowest BCUT2D eigenvalue weighted by Crippen LogP contribution is -2.30. The summed E-state index contributed by atoms with van der Waals surface area (Å²) in [4.78, 5) is 4.29. The van der Waals surface area contributed by atoms with Crippen molar-refractivity contribution >= 4 is 47.7 Å². The van der Waals surface area contributed by atoms with Gasteiger partial charge >= 0.3 is 5.51 Å². The zero-order chi connectivity index (χ0) is 35.3. The van der Waals surface area contributed by atoms with Crippen molar-refractivity contribution in [2.45, 2.75) is 38.1 Å². The summed E-state index contributed by atoms with van der Waals surface area (Å²) in [7, 11) is -11.0. The van der Waals surface area contributed by atoms with Gasteiger partial charge in [-0.25, -0.2) is 21.8 Å². The number of benzene rings is 5. The van der Waals surface area contributed by atoms with Gasteiger partial charge in [0.15, 0.2) is 14.9 Å². The number of alkyl halides is 3. The second-order valence-electron chi connectivity index (χ2n) is 11.9. The van der Waals surface area contributed by atoms with Crippen LogP contribution in [0.5, 0.6) is 0 Å². The highest BCUT2D eigenvalue weighted by Gasteiger charge is 2.48. The minimum Gasteiger partial charge on any atom is -0.456 e. The second-order valence-corrected chi connectivity index (χ2v) is 16.2. The fraction of sp³-hybridized carbons (Fsp3) is 0.162. The fourth-order valence-corrected chi connectivity index (χ4v) is 9.33. The zero-order valence-electron chi connectivity index (χ0n) is 26.9. The van der Waals surface area contributed by atoms with Gasteiger partial charge in [0.25, 0.3) is 9.84 Å². The van der Waals surface area contributed by atoms with Gasteiger partial charge in [-0.2, -0.15) is 13.2 Å². The minimum absolute atomic E-state index is 0.0283. The molecule has 1 aliphatic carbocycles. The molecule has 49 heavy (non-hydrogen) atoms. The highest BCUT2D eigenvalue weighted by molar-refractivity contribution is 8.08. The Morgan fingerprint density at radius 1 is 0.714 bits per heavy atom. The zero-order valence-corrected chi connectivity index (χ0v) is 28.5. The smallest absolute Gasteiger partial charge is 0.456 e. The minimum atomic E-state index is -6.00. The third kappa shape index (κ3) is 6.58. The summed E-state index contributed by atoms with van der Waals surface area (Å²) in [5, 5.41) is 2.31. The molecule has 0 radical (unpaired) electrons. The van der Waals surface area contributed by atoms with E-state index < -0.39 is 35.2 Å². The molecule has 0 atom stereocenters. The molecule has 12 heteroatoms. The number of sulfone groups is 2. The monoisotopic (exact) mass is 704 g/mol. The molecule has 7 nitrogen and oxygen atoms in total. The average molecular weight is 705 g/mol. The molecule has 0 bridgehead atoms. The quantitative estimate of drug-likeness (QED) is 0.166. The second kappa shape index (κ2) is 12.5. The van der Waals surface area contributed by atoms with E-state index in [1.807, 2.05) is 64.1 Å². The van der Waals surface area contributed by atoms with Crippen molar-refractivity contribution in [3.63, 3.8) is 0 Å². The van der Waals surface area contributed by atoms with E-state index in [1.54, 1.807) is 36.4 Å². The van der Waals surface area contributed by atoms with Crippen LogP contribution in [0.15, 0.2) is 111 Å². The Labute approximate surface area is 282 Å². The van der Waals surface area contributed by atoms with E-state index in [0.29, 0.717) is 38.9 Å². The fourth-order valence-electron chi connectivity index (χ4n) is 5.86. The number of anilines is 2. The van der Waals surface area contributed by atoms with Gasteiger partial charge in [0, 0.05) is 45.6 Å². The van der Waals surface area contributed by atoms with Crippen LogP contribution in [0.3, 0.4) is 0 Å². The van der Waals surface area contributed by atoms with E-state index in [9.17, 15) is 30.0 Å². The summed E-state index contributed by atoms with van der Waals surface area (Å²) < 4.78 is 97.5. The lowest BCUT2D eigenvalue weighted by Gasteiger charge is -2.19. The standard InChI is InChI=1S/C37H31F3N2O5S2/c1-22-9-7-10-23(2)35(22)41-26-15-17-28-31(19-26)47-32-20-27(42-36-24(3)11-8-12-25(36)4)16-18-29(32)34(28)30-13-5-6-14-33(30)48(43,44)21-49(45,46)37(38,39)40/h5-20,41H,21H2,1-4H3. The summed E-state index contributed by atoms with van der Waals surface area (Å²) in [6.45, 7) is 7.85. The SMILES string of the molecule is Cc1cccc(C)c1N=c1ccc2c(-c3ccccc3S(=O)(=O)CS(=O)(=O)C(F)(F)F)c3ccc(Nc4c(C)cccc4C)cc3oc-2c1. The van der Waals surface area contributed by atoms with Crippen LogP contribution >= 0.6 is 0 Å². The largest absolute Gasteiger partial charge is 0.498 e. The lowest BCUT2D eigenvalue weighted by atomic mass is 9.93. The molecule has 6 rings (SSSR count). The number of para-hydroxylation sites is 2. The first-order valence-electron chi connectivity index (χ1n) is 15.1. The summed E-state index contributed by atoms with van der Waals surface area (Å²) in [5.74, 6) is 0.328. The molecule has 1 N–H and O–H groups in total. The molecule has 0 saturated carbocycles. The Bertz CT molecular complexity index is 2480. The van der Waals surface area contributed by atoms with Crippen molar-refractivity contribution in [2.24, 2.45) is 4.99 Å². The number of rotatable bonds is 7. The van der Waals surface area contributed by atoms with Crippen LogP contribution in [0.25, 0.3) is 33.4 Å². The van der Waals surface area contributed by atoms with Crippen molar-refractivity contribution in [3.05, 3.63) is 125 Å². The van der Waals surface area contributed by atoms with Crippen LogP contribution in [-0.2, 0) is 19.7 Å². The van der Waals surface area contributed by atoms with Gasteiger partial charge in [0.2, 0.25) is 0 Å². The molecule has 4 aromatic rings. The van der Waals surface area contributed by atoms with Gasteiger partial charge in [-0.3, -0.25) is 0 Å². The Kier molecular flexibility index (Phi) is 8.66.